The van der Waals surface area contributed by atoms with Gasteiger partial charge in [0.25, 0.3) is 5.91 Å². The van der Waals surface area contributed by atoms with E-state index >= 15 is 0 Å². The van der Waals surface area contributed by atoms with Gasteiger partial charge in [-0.2, -0.15) is 0 Å². The largest absolute Gasteiger partial charge is 0.330 e. The number of carbonyl (C=O) groups excluding carboxylic acids is 1. The van der Waals surface area contributed by atoms with Gasteiger partial charge in [-0.3, -0.25) is 4.79 Å². The van der Waals surface area contributed by atoms with Crippen molar-refractivity contribution in [2.24, 2.45) is 7.05 Å². The SMILES string of the molecule is CC1CN(C(=O)c2nccn2C)C(C)CN1. The summed E-state index contributed by atoms with van der Waals surface area (Å²) in [5.41, 5.74) is 0. The maximum atomic E-state index is 12.3. The van der Waals surface area contributed by atoms with E-state index in [1.165, 1.54) is 0 Å². The standard InChI is InChI=1S/C11H18N4O/c1-8-7-15(9(2)6-13-8)11(16)10-12-4-5-14(10)3/h4-5,8-9,13H,6-7H2,1-3H3. The highest BCUT2D eigenvalue weighted by Crippen LogP contribution is 2.10. The van der Waals surface area contributed by atoms with Gasteiger partial charge in [-0.25, -0.2) is 4.98 Å². The summed E-state index contributed by atoms with van der Waals surface area (Å²) in [7, 11) is 1.84. The number of aryl methyl sites for hydroxylation is 1. The molecule has 5 nitrogen and oxygen atoms in total. The van der Waals surface area contributed by atoms with Crippen LogP contribution in [0.15, 0.2) is 12.4 Å². The summed E-state index contributed by atoms with van der Waals surface area (Å²) in [4.78, 5) is 18.2. The number of carbonyl (C=O) groups is 1. The quantitative estimate of drug-likeness (QED) is 0.740. The number of rotatable bonds is 1. The van der Waals surface area contributed by atoms with Gasteiger partial charge in [0.05, 0.1) is 0 Å². The Morgan fingerprint density at radius 3 is 2.94 bits per heavy atom. The fourth-order valence-electron chi connectivity index (χ4n) is 2.00. The van der Waals surface area contributed by atoms with E-state index in [9.17, 15) is 4.79 Å². The molecule has 1 aliphatic heterocycles. The zero-order valence-corrected chi connectivity index (χ0v) is 9.97. The molecule has 1 aromatic heterocycles. The molecule has 1 amide bonds. The molecule has 0 saturated carbocycles. The number of hydrogen-bond acceptors (Lipinski definition) is 3. The normalized spacial score (nSPS) is 25.8. The first-order chi connectivity index (χ1) is 7.59. The lowest BCUT2D eigenvalue weighted by Gasteiger charge is -2.37. The number of imidazole rings is 1. The van der Waals surface area contributed by atoms with E-state index in [1.54, 1.807) is 17.0 Å². The third kappa shape index (κ3) is 1.95. The number of aromatic nitrogens is 2. The number of hydrogen-bond donors (Lipinski definition) is 1. The van der Waals surface area contributed by atoms with Gasteiger partial charge in [-0.1, -0.05) is 0 Å². The third-order valence-electron chi connectivity index (χ3n) is 3.04. The molecule has 5 heteroatoms. The number of amides is 1. The highest BCUT2D eigenvalue weighted by atomic mass is 16.2. The molecule has 1 fully saturated rings. The molecule has 0 spiro atoms. The number of nitrogens with zero attached hydrogens (tertiary/aromatic N) is 3. The van der Waals surface area contributed by atoms with E-state index in [0.717, 1.165) is 13.1 Å². The van der Waals surface area contributed by atoms with E-state index in [0.29, 0.717) is 11.9 Å². The van der Waals surface area contributed by atoms with E-state index in [1.807, 2.05) is 11.9 Å². The summed E-state index contributed by atoms with van der Waals surface area (Å²) in [6, 6.07) is 0.570. The van der Waals surface area contributed by atoms with Crippen LogP contribution in [0.4, 0.5) is 0 Å². The summed E-state index contributed by atoms with van der Waals surface area (Å²) in [6.45, 7) is 5.73. The number of piperazine rings is 1. The Balaban J connectivity index is 2.18. The van der Waals surface area contributed by atoms with Gasteiger partial charge in [0.15, 0.2) is 5.82 Å². The minimum Gasteiger partial charge on any atom is -0.330 e. The molecule has 1 N–H and O–H groups in total. The molecule has 16 heavy (non-hydrogen) atoms. The van der Waals surface area contributed by atoms with E-state index < -0.39 is 0 Å². The summed E-state index contributed by atoms with van der Waals surface area (Å²) < 4.78 is 1.77. The molecule has 1 aromatic rings. The minimum absolute atomic E-state index is 0.0216. The molecule has 1 aliphatic rings. The van der Waals surface area contributed by atoms with Gasteiger partial charge in [0, 0.05) is 44.6 Å². The molecule has 1 saturated heterocycles. The number of nitrogens with one attached hydrogen (secondary N) is 1. The van der Waals surface area contributed by atoms with Crippen LogP contribution in [0.3, 0.4) is 0 Å². The Bertz CT molecular complexity index is 387. The molecule has 2 heterocycles. The lowest BCUT2D eigenvalue weighted by molar-refractivity contribution is 0.0600. The van der Waals surface area contributed by atoms with Crippen LogP contribution in [0.5, 0.6) is 0 Å². The Kier molecular flexibility index (Phi) is 2.96. The Morgan fingerprint density at radius 2 is 2.31 bits per heavy atom. The minimum atomic E-state index is 0.0216. The van der Waals surface area contributed by atoms with Crippen LogP contribution in [0, 0.1) is 0 Å². The lowest BCUT2D eigenvalue weighted by Crippen LogP contribution is -2.56. The first kappa shape index (κ1) is 11.1. The second-order valence-electron chi connectivity index (χ2n) is 4.48. The topological polar surface area (TPSA) is 50.2 Å². The van der Waals surface area contributed by atoms with Gasteiger partial charge < -0.3 is 14.8 Å². The average molecular weight is 222 g/mol. The van der Waals surface area contributed by atoms with Crippen LogP contribution in [0.1, 0.15) is 24.5 Å². The molecule has 2 atom stereocenters. The van der Waals surface area contributed by atoms with Gasteiger partial charge in [-0.15, -0.1) is 0 Å². The maximum Gasteiger partial charge on any atom is 0.290 e. The van der Waals surface area contributed by atoms with Gasteiger partial charge in [-0.05, 0) is 13.8 Å². The molecule has 0 aliphatic carbocycles. The highest BCUT2D eigenvalue weighted by molar-refractivity contribution is 5.91. The van der Waals surface area contributed by atoms with Gasteiger partial charge in [0.2, 0.25) is 0 Å². The van der Waals surface area contributed by atoms with Crippen molar-refractivity contribution in [2.45, 2.75) is 25.9 Å². The molecule has 0 bridgehead atoms. The zero-order valence-electron chi connectivity index (χ0n) is 9.97. The molecule has 2 unspecified atom stereocenters. The molecule has 0 radical (unpaired) electrons. The van der Waals surface area contributed by atoms with Crippen molar-refractivity contribution >= 4 is 5.91 Å². The van der Waals surface area contributed by atoms with E-state index in [-0.39, 0.29) is 11.9 Å². The Hall–Kier alpha value is -1.36. The van der Waals surface area contributed by atoms with Gasteiger partial charge in [0.1, 0.15) is 0 Å². The average Bonchev–Trinajstić information content (AvgIpc) is 2.67. The molecule has 0 aromatic carbocycles. The maximum absolute atomic E-state index is 12.3. The van der Waals surface area contributed by atoms with Crippen molar-refractivity contribution in [3.05, 3.63) is 18.2 Å². The van der Waals surface area contributed by atoms with Crippen LogP contribution in [-0.2, 0) is 7.05 Å². The van der Waals surface area contributed by atoms with Crippen LogP contribution in [0.2, 0.25) is 0 Å². The van der Waals surface area contributed by atoms with Gasteiger partial charge >= 0.3 is 0 Å². The molecular formula is C11H18N4O. The zero-order chi connectivity index (χ0) is 11.7. The first-order valence-corrected chi connectivity index (χ1v) is 5.61. The second-order valence-corrected chi connectivity index (χ2v) is 4.48. The highest BCUT2D eigenvalue weighted by Gasteiger charge is 2.28. The van der Waals surface area contributed by atoms with Crippen molar-refractivity contribution in [3.8, 4) is 0 Å². The lowest BCUT2D eigenvalue weighted by atomic mass is 10.1. The van der Waals surface area contributed by atoms with E-state index in [4.69, 9.17) is 0 Å². The van der Waals surface area contributed by atoms with Crippen molar-refractivity contribution in [1.29, 1.82) is 0 Å². The smallest absolute Gasteiger partial charge is 0.290 e. The fourth-order valence-corrected chi connectivity index (χ4v) is 2.00. The summed E-state index contributed by atoms with van der Waals surface area (Å²) >= 11 is 0. The van der Waals surface area contributed by atoms with Crippen molar-refractivity contribution in [2.75, 3.05) is 13.1 Å². The van der Waals surface area contributed by atoms with Crippen LogP contribution in [-0.4, -0.2) is 45.5 Å². The van der Waals surface area contributed by atoms with Crippen molar-refractivity contribution in [1.82, 2.24) is 19.8 Å². The Labute approximate surface area is 95.5 Å². The summed E-state index contributed by atoms with van der Waals surface area (Å²) in [5, 5.41) is 3.36. The molecular weight excluding hydrogens is 204 g/mol. The summed E-state index contributed by atoms with van der Waals surface area (Å²) in [6.07, 6.45) is 3.45. The van der Waals surface area contributed by atoms with Crippen LogP contribution < -0.4 is 5.32 Å². The monoisotopic (exact) mass is 222 g/mol. The van der Waals surface area contributed by atoms with E-state index in [2.05, 4.69) is 24.1 Å². The molecule has 88 valence electrons. The Morgan fingerprint density at radius 1 is 1.56 bits per heavy atom. The predicted octanol–water partition coefficient (Wildman–Crippen LogP) is 0.242. The van der Waals surface area contributed by atoms with Crippen LogP contribution >= 0.6 is 0 Å². The molecule has 2 rings (SSSR count). The van der Waals surface area contributed by atoms with Crippen molar-refractivity contribution in [3.63, 3.8) is 0 Å². The predicted molar refractivity (Wildman–Crippen MR) is 61.2 cm³/mol. The second kappa shape index (κ2) is 4.25. The first-order valence-electron chi connectivity index (χ1n) is 5.61. The fraction of sp³-hybridized carbons (Fsp3) is 0.636. The third-order valence-corrected chi connectivity index (χ3v) is 3.04. The van der Waals surface area contributed by atoms with Crippen LogP contribution in [0.25, 0.3) is 0 Å². The van der Waals surface area contributed by atoms with Crippen molar-refractivity contribution < 1.29 is 4.79 Å². The summed E-state index contributed by atoms with van der Waals surface area (Å²) in [5.74, 6) is 0.536.